The minimum absolute atomic E-state index is 0.168. The van der Waals surface area contributed by atoms with Gasteiger partial charge in [-0.3, -0.25) is 9.59 Å². The number of nitriles is 1. The van der Waals surface area contributed by atoms with Crippen molar-refractivity contribution in [1.82, 2.24) is 0 Å². The lowest BCUT2D eigenvalue weighted by molar-refractivity contribution is -0.115. The highest BCUT2D eigenvalue weighted by Gasteiger charge is 2.22. The van der Waals surface area contributed by atoms with Crippen LogP contribution in [0.15, 0.2) is 89.1 Å². The van der Waals surface area contributed by atoms with Gasteiger partial charge >= 0.3 is 0 Å². The molecule has 0 aliphatic heterocycles. The molecule has 0 saturated carbocycles. The lowest BCUT2D eigenvalue weighted by Gasteiger charge is -2.15. The third-order valence-corrected chi connectivity index (χ3v) is 7.86. The molecule has 0 aliphatic rings. The van der Waals surface area contributed by atoms with Crippen LogP contribution < -0.4 is 15.4 Å². The number of hydrogen-bond donors (Lipinski definition) is 2. The predicted octanol–water partition coefficient (Wildman–Crippen LogP) is 7.06. The summed E-state index contributed by atoms with van der Waals surface area (Å²) in [4.78, 5) is 26.6. The number of carbonyl (C=O) groups excluding carboxylic acids is 2. The minimum atomic E-state index is -0.374. The Balaban J connectivity index is 1.44. The van der Waals surface area contributed by atoms with Crippen LogP contribution in [0, 0.1) is 11.3 Å². The van der Waals surface area contributed by atoms with Gasteiger partial charge in [-0.15, -0.1) is 23.1 Å². The first-order valence-electron chi connectivity index (χ1n) is 11.6. The Morgan fingerprint density at radius 1 is 1.03 bits per heavy atom. The van der Waals surface area contributed by atoms with E-state index in [-0.39, 0.29) is 17.1 Å². The minimum Gasteiger partial charge on any atom is -0.497 e. The molecule has 0 aliphatic carbocycles. The van der Waals surface area contributed by atoms with Gasteiger partial charge in [0.15, 0.2) is 0 Å². The van der Waals surface area contributed by atoms with Crippen molar-refractivity contribution in [3.8, 4) is 22.9 Å². The monoisotopic (exact) mass is 527 g/mol. The van der Waals surface area contributed by atoms with Crippen molar-refractivity contribution >= 4 is 45.6 Å². The van der Waals surface area contributed by atoms with Gasteiger partial charge in [0.2, 0.25) is 5.91 Å². The van der Waals surface area contributed by atoms with Crippen LogP contribution in [0.4, 0.5) is 10.7 Å². The van der Waals surface area contributed by atoms with Crippen molar-refractivity contribution in [2.24, 2.45) is 0 Å². The van der Waals surface area contributed by atoms with Gasteiger partial charge in [0, 0.05) is 27.1 Å². The van der Waals surface area contributed by atoms with E-state index in [1.54, 1.807) is 31.4 Å². The molecular formula is C29H25N3O3S2. The van der Waals surface area contributed by atoms with Gasteiger partial charge in [-0.05, 0) is 54.4 Å². The maximum atomic E-state index is 13.1. The van der Waals surface area contributed by atoms with Crippen molar-refractivity contribution in [3.63, 3.8) is 0 Å². The molecule has 0 saturated heterocycles. The SMILES string of the molecule is CCC(Sc1cccc(NC(=O)c2ccc(OC)cc2)c1)C(=O)Nc1scc(-c2ccccc2)c1C#N. The Morgan fingerprint density at radius 2 is 1.78 bits per heavy atom. The van der Waals surface area contributed by atoms with Gasteiger partial charge in [-0.1, -0.05) is 43.3 Å². The van der Waals surface area contributed by atoms with E-state index in [1.807, 2.05) is 66.9 Å². The van der Waals surface area contributed by atoms with Crippen molar-refractivity contribution in [1.29, 1.82) is 5.26 Å². The first-order valence-corrected chi connectivity index (χ1v) is 13.4. The number of amides is 2. The molecule has 1 atom stereocenters. The van der Waals surface area contributed by atoms with Crippen LogP contribution in [0.5, 0.6) is 5.75 Å². The number of hydrogen-bond acceptors (Lipinski definition) is 6. The van der Waals surface area contributed by atoms with Gasteiger partial charge in [0.25, 0.3) is 5.91 Å². The lowest BCUT2D eigenvalue weighted by atomic mass is 10.1. The number of thioether (sulfide) groups is 1. The molecule has 0 radical (unpaired) electrons. The first-order chi connectivity index (χ1) is 18.0. The summed E-state index contributed by atoms with van der Waals surface area (Å²) in [5, 5.41) is 17.7. The van der Waals surface area contributed by atoms with Crippen LogP contribution in [-0.2, 0) is 4.79 Å². The highest BCUT2D eigenvalue weighted by Crippen LogP contribution is 2.36. The number of methoxy groups -OCH3 is 1. The number of nitrogens with zero attached hydrogens (tertiary/aromatic N) is 1. The third kappa shape index (κ3) is 6.39. The summed E-state index contributed by atoms with van der Waals surface area (Å²) in [5.41, 5.74) is 3.37. The summed E-state index contributed by atoms with van der Waals surface area (Å²) in [6.45, 7) is 1.95. The molecule has 2 amide bonds. The molecule has 8 heteroatoms. The third-order valence-electron chi connectivity index (χ3n) is 5.61. The zero-order valence-electron chi connectivity index (χ0n) is 20.4. The normalized spacial score (nSPS) is 11.3. The molecule has 1 heterocycles. The summed E-state index contributed by atoms with van der Waals surface area (Å²) in [5.74, 6) is 0.281. The zero-order valence-corrected chi connectivity index (χ0v) is 22.0. The zero-order chi connectivity index (χ0) is 26.2. The maximum Gasteiger partial charge on any atom is 0.255 e. The van der Waals surface area contributed by atoms with Crippen LogP contribution in [-0.4, -0.2) is 24.2 Å². The van der Waals surface area contributed by atoms with E-state index >= 15 is 0 Å². The van der Waals surface area contributed by atoms with Crippen LogP contribution in [0.3, 0.4) is 0 Å². The number of ether oxygens (including phenoxy) is 1. The molecule has 0 spiro atoms. The Labute approximate surface area is 224 Å². The van der Waals surface area contributed by atoms with E-state index in [0.717, 1.165) is 16.0 Å². The standard InChI is InChI=1S/C29H25N3O3S2/c1-3-26(28(34)32-29-24(17-30)25(18-36-29)19-8-5-4-6-9-19)37-23-11-7-10-21(16-23)31-27(33)20-12-14-22(35-2)15-13-20/h4-16,18,26H,3H2,1-2H3,(H,31,33)(H,32,34). The summed E-state index contributed by atoms with van der Waals surface area (Å²) >= 11 is 2.77. The van der Waals surface area contributed by atoms with Gasteiger partial charge in [0.1, 0.15) is 16.8 Å². The number of benzene rings is 3. The number of nitrogens with one attached hydrogen (secondary N) is 2. The molecule has 6 nitrogen and oxygen atoms in total. The lowest BCUT2D eigenvalue weighted by Crippen LogP contribution is -2.24. The summed E-state index contributed by atoms with van der Waals surface area (Å²) in [6, 6.07) is 26.2. The number of thiophene rings is 1. The topological polar surface area (TPSA) is 91.2 Å². The van der Waals surface area contributed by atoms with Crippen LogP contribution in [0.25, 0.3) is 11.1 Å². The Morgan fingerprint density at radius 3 is 2.46 bits per heavy atom. The largest absolute Gasteiger partial charge is 0.497 e. The highest BCUT2D eigenvalue weighted by molar-refractivity contribution is 8.00. The second kappa shape index (κ2) is 12.3. The predicted molar refractivity (Wildman–Crippen MR) is 150 cm³/mol. The van der Waals surface area contributed by atoms with Crippen molar-refractivity contribution in [2.75, 3.05) is 17.7 Å². The molecular weight excluding hydrogens is 502 g/mol. The molecule has 1 unspecified atom stereocenters. The van der Waals surface area contributed by atoms with E-state index in [4.69, 9.17) is 4.74 Å². The van der Waals surface area contributed by atoms with E-state index in [2.05, 4.69) is 16.7 Å². The maximum absolute atomic E-state index is 13.1. The van der Waals surface area contributed by atoms with E-state index in [0.29, 0.717) is 34.0 Å². The molecule has 4 aromatic rings. The van der Waals surface area contributed by atoms with Crippen molar-refractivity contribution in [3.05, 3.63) is 95.4 Å². The van der Waals surface area contributed by atoms with E-state index < -0.39 is 0 Å². The molecule has 186 valence electrons. The van der Waals surface area contributed by atoms with Crippen LogP contribution in [0.1, 0.15) is 29.3 Å². The second-order valence-corrected chi connectivity index (χ2v) is 10.2. The summed E-state index contributed by atoms with van der Waals surface area (Å²) in [7, 11) is 1.58. The smallest absolute Gasteiger partial charge is 0.255 e. The van der Waals surface area contributed by atoms with Gasteiger partial charge in [-0.2, -0.15) is 5.26 Å². The summed E-state index contributed by atoms with van der Waals surface area (Å²) < 4.78 is 5.14. The second-order valence-electron chi connectivity index (χ2n) is 8.05. The average Bonchev–Trinajstić information content (AvgIpc) is 3.34. The average molecular weight is 528 g/mol. The number of carbonyl (C=O) groups is 2. The van der Waals surface area contributed by atoms with E-state index in [1.165, 1.54) is 23.1 Å². The molecule has 2 N–H and O–H groups in total. The first kappa shape index (κ1) is 26.0. The van der Waals surface area contributed by atoms with Gasteiger partial charge < -0.3 is 15.4 Å². The van der Waals surface area contributed by atoms with Gasteiger partial charge in [-0.25, -0.2) is 0 Å². The van der Waals surface area contributed by atoms with Crippen molar-refractivity contribution < 1.29 is 14.3 Å². The molecule has 0 bridgehead atoms. The highest BCUT2D eigenvalue weighted by atomic mass is 32.2. The Hall–Kier alpha value is -4.06. The Kier molecular flexibility index (Phi) is 8.62. The molecule has 3 aromatic carbocycles. The van der Waals surface area contributed by atoms with Crippen LogP contribution >= 0.6 is 23.1 Å². The summed E-state index contributed by atoms with van der Waals surface area (Å²) in [6.07, 6.45) is 0.595. The fourth-order valence-corrected chi connectivity index (χ4v) is 5.60. The molecule has 1 aromatic heterocycles. The Bertz CT molecular complexity index is 1430. The van der Waals surface area contributed by atoms with E-state index in [9.17, 15) is 14.9 Å². The number of rotatable bonds is 9. The molecule has 37 heavy (non-hydrogen) atoms. The van der Waals surface area contributed by atoms with Gasteiger partial charge in [0.05, 0.1) is 17.9 Å². The fourth-order valence-electron chi connectivity index (χ4n) is 3.66. The molecule has 4 rings (SSSR count). The van der Waals surface area contributed by atoms with Crippen LogP contribution in [0.2, 0.25) is 0 Å². The molecule has 0 fully saturated rings. The van der Waals surface area contributed by atoms with Crippen molar-refractivity contribution in [2.45, 2.75) is 23.5 Å². The number of anilines is 2. The fraction of sp³-hybridized carbons (Fsp3) is 0.138. The quantitative estimate of drug-likeness (QED) is 0.227.